The van der Waals surface area contributed by atoms with Crippen molar-refractivity contribution in [3.63, 3.8) is 0 Å². The highest BCUT2D eigenvalue weighted by molar-refractivity contribution is 6.01. The third-order valence-corrected chi connectivity index (χ3v) is 5.32. The van der Waals surface area contributed by atoms with Crippen LogP contribution in [0.15, 0.2) is 48.5 Å². The number of carbonyl (C=O) groups is 2. The molecular weight excluding hydrogens is 410 g/mol. The van der Waals surface area contributed by atoms with Gasteiger partial charge in [0, 0.05) is 23.5 Å². The third kappa shape index (κ3) is 4.61. The Kier molecular flexibility index (Phi) is 7.20. The standard InChI is InChI=1S/C25H27NO6/c1-16-13-20(17(2)26(16)14-18-9-7-6-8-10-18)21(27)15-32-25(28)19-11-12-22(29-3)24(31-5)23(19)30-4/h6-13H,14-15H2,1-5H3. The fraction of sp³-hybridized carbons (Fsp3) is 0.280. The molecule has 0 radical (unpaired) electrons. The number of carbonyl (C=O) groups excluding carboxylic acids is 2. The van der Waals surface area contributed by atoms with Gasteiger partial charge in [0.1, 0.15) is 5.56 Å². The first-order chi connectivity index (χ1) is 15.4. The second kappa shape index (κ2) is 10.0. The predicted octanol–water partition coefficient (Wildman–Crippen LogP) is 4.22. The van der Waals surface area contributed by atoms with Crippen molar-refractivity contribution in [1.29, 1.82) is 0 Å². The fourth-order valence-electron chi connectivity index (χ4n) is 3.64. The van der Waals surface area contributed by atoms with Crippen LogP contribution in [0.25, 0.3) is 0 Å². The van der Waals surface area contributed by atoms with Crippen LogP contribution in [0, 0.1) is 13.8 Å². The largest absolute Gasteiger partial charge is 0.493 e. The number of rotatable bonds is 9. The zero-order valence-electron chi connectivity index (χ0n) is 18.9. The summed E-state index contributed by atoms with van der Waals surface area (Å²) in [6.45, 7) is 4.12. The van der Waals surface area contributed by atoms with Crippen molar-refractivity contribution >= 4 is 11.8 Å². The topological polar surface area (TPSA) is 76.0 Å². The van der Waals surface area contributed by atoms with Crippen LogP contribution in [0.1, 0.15) is 37.7 Å². The minimum atomic E-state index is -0.686. The van der Waals surface area contributed by atoms with Gasteiger partial charge in [-0.1, -0.05) is 30.3 Å². The van der Waals surface area contributed by atoms with Gasteiger partial charge in [-0.25, -0.2) is 4.79 Å². The van der Waals surface area contributed by atoms with E-state index in [9.17, 15) is 9.59 Å². The maximum Gasteiger partial charge on any atom is 0.342 e. The molecule has 0 aliphatic carbocycles. The Labute approximate surface area is 187 Å². The minimum absolute atomic E-state index is 0.146. The molecule has 0 saturated carbocycles. The molecule has 168 valence electrons. The second-order valence-electron chi connectivity index (χ2n) is 7.24. The summed E-state index contributed by atoms with van der Waals surface area (Å²) in [4.78, 5) is 25.5. The molecule has 0 aliphatic rings. The first-order valence-electron chi connectivity index (χ1n) is 10.1. The van der Waals surface area contributed by atoms with E-state index in [2.05, 4.69) is 4.57 Å². The van der Waals surface area contributed by atoms with Crippen molar-refractivity contribution in [3.8, 4) is 17.2 Å². The van der Waals surface area contributed by atoms with Gasteiger partial charge in [0.2, 0.25) is 11.5 Å². The second-order valence-corrected chi connectivity index (χ2v) is 7.24. The van der Waals surface area contributed by atoms with Gasteiger partial charge in [-0.05, 0) is 37.6 Å². The van der Waals surface area contributed by atoms with E-state index in [-0.39, 0.29) is 29.5 Å². The van der Waals surface area contributed by atoms with Crippen LogP contribution in [-0.2, 0) is 11.3 Å². The normalized spacial score (nSPS) is 10.5. The molecule has 3 aromatic rings. The Bertz CT molecular complexity index is 1120. The number of hydrogen-bond donors (Lipinski definition) is 0. The highest BCUT2D eigenvalue weighted by Gasteiger charge is 2.23. The lowest BCUT2D eigenvalue weighted by atomic mass is 10.1. The Morgan fingerprint density at radius 3 is 2.16 bits per heavy atom. The maximum atomic E-state index is 12.8. The number of methoxy groups -OCH3 is 3. The molecule has 0 aliphatic heterocycles. The van der Waals surface area contributed by atoms with Crippen LogP contribution in [0.2, 0.25) is 0 Å². The molecule has 1 heterocycles. The first kappa shape index (κ1) is 22.9. The minimum Gasteiger partial charge on any atom is -0.493 e. The van der Waals surface area contributed by atoms with Crippen LogP contribution < -0.4 is 14.2 Å². The molecule has 0 unspecified atom stereocenters. The molecule has 0 spiro atoms. The molecule has 0 saturated heterocycles. The molecule has 1 aromatic heterocycles. The van der Waals surface area contributed by atoms with E-state index in [1.807, 2.05) is 50.2 Å². The lowest BCUT2D eigenvalue weighted by molar-refractivity contribution is 0.0470. The molecule has 7 nitrogen and oxygen atoms in total. The summed E-state index contributed by atoms with van der Waals surface area (Å²) in [6.07, 6.45) is 0. The fourth-order valence-corrected chi connectivity index (χ4v) is 3.64. The molecule has 0 bridgehead atoms. The van der Waals surface area contributed by atoms with Gasteiger partial charge in [0.25, 0.3) is 0 Å². The van der Waals surface area contributed by atoms with Gasteiger partial charge in [0.15, 0.2) is 18.1 Å². The van der Waals surface area contributed by atoms with Crippen LogP contribution in [-0.4, -0.2) is 44.3 Å². The average molecular weight is 437 g/mol. The van der Waals surface area contributed by atoms with Crippen molar-refractivity contribution in [1.82, 2.24) is 4.57 Å². The van der Waals surface area contributed by atoms with Crippen LogP contribution >= 0.6 is 0 Å². The molecule has 32 heavy (non-hydrogen) atoms. The monoisotopic (exact) mass is 437 g/mol. The van der Waals surface area contributed by atoms with Crippen LogP contribution in [0.3, 0.4) is 0 Å². The molecule has 0 amide bonds. The molecule has 0 fully saturated rings. The van der Waals surface area contributed by atoms with E-state index in [0.717, 1.165) is 17.0 Å². The number of aromatic nitrogens is 1. The molecule has 2 aromatic carbocycles. The van der Waals surface area contributed by atoms with Gasteiger partial charge >= 0.3 is 5.97 Å². The van der Waals surface area contributed by atoms with Crippen molar-refractivity contribution in [2.45, 2.75) is 20.4 Å². The van der Waals surface area contributed by atoms with E-state index >= 15 is 0 Å². The van der Waals surface area contributed by atoms with E-state index < -0.39 is 5.97 Å². The highest BCUT2D eigenvalue weighted by atomic mass is 16.5. The predicted molar refractivity (Wildman–Crippen MR) is 120 cm³/mol. The number of benzene rings is 2. The molecule has 7 heteroatoms. The Morgan fingerprint density at radius 1 is 0.844 bits per heavy atom. The van der Waals surface area contributed by atoms with E-state index in [4.69, 9.17) is 18.9 Å². The van der Waals surface area contributed by atoms with Crippen molar-refractivity contribution in [3.05, 3.63) is 76.6 Å². The van der Waals surface area contributed by atoms with Crippen molar-refractivity contribution in [2.75, 3.05) is 27.9 Å². The number of hydrogen-bond acceptors (Lipinski definition) is 6. The van der Waals surface area contributed by atoms with Gasteiger partial charge in [-0.15, -0.1) is 0 Å². The van der Waals surface area contributed by atoms with Crippen LogP contribution in [0.5, 0.6) is 17.2 Å². The van der Waals surface area contributed by atoms with E-state index in [1.54, 1.807) is 6.07 Å². The third-order valence-electron chi connectivity index (χ3n) is 5.32. The van der Waals surface area contributed by atoms with Gasteiger partial charge < -0.3 is 23.5 Å². The number of ketones is 1. The molecular formula is C25H27NO6. The first-order valence-corrected chi connectivity index (χ1v) is 10.1. The van der Waals surface area contributed by atoms with Crippen LogP contribution in [0.4, 0.5) is 0 Å². The van der Waals surface area contributed by atoms with Gasteiger partial charge in [-0.2, -0.15) is 0 Å². The Morgan fingerprint density at radius 2 is 1.53 bits per heavy atom. The average Bonchev–Trinajstić information content (AvgIpc) is 3.10. The smallest absolute Gasteiger partial charge is 0.342 e. The van der Waals surface area contributed by atoms with Gasteiger partial charge in [-0.3, -0.25) is 4.79 Å². The van der Waals surface area contributed by atoms with Crippen molar-refractivity contribution in [2.24, 2.45) is 0 Å². The number of nitrogens with zero attached hydrogens (tertiary/aromatic N) is 1. The van der Waals surface area contributed by atoms with Gasteiger partial charge in [0.05, 0.1) is 21.3 Å². The van der Waals surface area contributed by atoms with E-state index in [1.165, 1.54) is 27.4 Å². The number of Topliss-reactive ketones (excluding diaryl/α,β-unsaturated/α-hetero) is 1. The summed E-state index contributed by atoms with van der Waals surface area (Å²) < 4.78 is 23.2. The van der Waals surface area contributed by atoms with E-state index in [0.29, 0.717) is 17.9 Å². The lowest BCUT2D eigenvalue weighted by Crippen LogP contribution is -2.16. The zero-order valence-corrected chi connectivity index (χ0v) is 18.9. The quantitative estimate of drug-likeness (QED) is 0.369. The number of ether oxygens (including phenoxy) is 4. The molecule has 0 N–H and O–H groups in total. The number of esters is 1. The summed E-state index contributed by atoms with van der Waals surface area (Å²) in [7, 11) is 4.35. The summed E-state index contributed by atoms with van der Waals surface area (Å²) in [5, 5.41) is 0. The summed E-state index contributed by atoms with van der Waals surface area (Å²) in [5.74, 6) is -0.0761. The summed E-state index contributed by atoms with van der Waals surface area (Å²) in [6, 6.07) is 14.9. The Balaban J connectivity index is 1.75. The molecule has 3 rings (SSSR count). The maximum absolute atomic E-state index is 12.8. The highest BCUT2D eigenvalue weighted by Crippen LogP contribution is 2.40. The Hall–Kier alpha value is -3.74. The SMILES string of the molecule is COc1ccc(C(=O)OCC(=O)c2cc(C)n(Cc3ccccc3)c2C)c(OC)c1OC. The number of aryl methyl sites for hydroxylation is 1. The molecule has 0 atom stereocenters. The summed E-state index contributed by atoms with van der Waals surface area (Å²) in [5.41, 5.74) is 3.61. The lowest BCUT2D eigenvalue weighted by Gasteiger charge is -2.15. The van der Waals surface area contributed by atoms with Crippen molar-refractivity contribution < 1.29 is 28.5 Å². The zero-order chi connectivity index (χ0) is 23.3. The summed E-state index contributed by atoms with van der Waals surface area (Å²) >= 11 is 0.